The SMILES string of the molecule is CCN1C(=O)CN=C(c2ccccc2)c2cc(N)ccc21. The lowest BCUT2D eigenvalue weighted by molar-refractivity contribution is -0.117. The number of carbonyl (C=O) groups excluding carboxylic acids is 1. The number of nitrogens with zero attached hydrogens (tertiary/aromatic N) is 2. The number of amides is 1. The topological polar surface area (TPSA) is 58.7 Å². The van der Waals surface area contributed by atoms with E-state index in [4.69, 9.17) is 5.73 Å². The Morgan fingerprint density at radius 3 is 2.67 bits per heavy atom. The van der Waals surface area contributed by atoms with Crippen molar-refractivity contribution in [3.63, 3.8) is 0 Å². The van der Waals surface area contributed by atoms with Crippen molar-refractivity contribution in [3.8, 4) is 0 Å². The molecule has 4 heteroatoms. The van der Waals surface area contributed by atoms with E-state index in [0.717, 1.165) is 22.5 Å². The first kappa shape index (κ1) is 13.4. The zero-order valence-electron chi connectivity index (χ0n) is 11.9. The van der Waals surface area contributed by atoms with Crippen LogP contribution in [0.15, 0.2) is 53.5 Å². The molecule has 1 amide bonds. The summed E-state index contributed by atoms with van der Waals surface area (Å²) in [5.41, 5.74) is 10.2. The number of hydrogen-bond acceptors (Lipinski definition) is 3. The first-order chi connectivity index (χ1) is 10.2. The van der Waals surface area contributed by atoms with Crippen LogP contribution in [0.1, 0.15) is 18.1 Å². The summed E-state index contributed by atoms with van der Waals surface area (Å²) < 4.78 is 0. The lowest BCUT2D eigenvalue weighted by Gasteiger charge is -2.21. The van der Waals surface area contributed by atoms with Crippen molar-refractivity contribution in [2.75, 3.05) is 23.7 Å². The van der Waals surface area contributed by atoms with Gasteiger partial charge in [0.25, 0.3) is 0 Å². The van der Waals surface area contributed by atoms with E-state index < -0.39 is 0 Å². The van der Waals surface area contributed by atoms with Gasteiger partial charge in [-0.25, -0.2) is 0 Å². The van der Waals surface area contributed by atoms with Gasteiger partial charge >= 0.3 is 0 Å². The summed E-state index contributed by atoms with van der Waals surface area (Å²) in [6.45, 7) is 2.74. The van der Waals surface area contributed by atoms with Gasteiger partial charge in [0.05, 0.1) is 11.4 Å². The van der Waals surface area contributed by atoms with Crippen LogP contribution in [0.4, 0.5) is 11.4 Å². The molecule has 0 spiro atoms. The molecular weight excluding hydrogens is 262 g/mol. The molecule has 3 rings (SSSR count). The van der Waals surface area contributed by atoms with E-state index in [0.29, 0.717) is 12.2 Å². The zero-order valence-corrected chi connectivity index (χ0v) is 11.9. The molecule has 4 nitrogen and oxygen atoms in total. The molecule has 0 fully saturated rings. The van der Waals surface area contributed by atoms with Crippen LogP contribution in [0.5, 0.6) is 0 Å². The van der Waals surface area contributed by atoms with Crippen LogP contribution < -0.4 is 10.6 Å². The van der Waals surface area contributed by atoms with Gasteiger partial charge in [0.1, 0.15) is 6.54 Å². The molecule has 21 heavy (non-hydrogen) atoms. The Morgan fingerprint density at radius 2 is 1.95 bits per heavy atom. The largest absolute Gasteiger partial charge is 0.399 e. The van der Waals surface area contributed by atoms with E-state index in [1.807, 2.05) is 55.5 Å². The van der Waals surface area contributed by atoms with E-state index in [-0.39, 0.29) is 12.5 Å². The molecule has 106 valence electrons. The standard InChI is InChI=1S/C17H17N3O/c1-2-20-15-9-8-13(18)10-14(15)17(19-11-16(20)21)12-6-4-3-5-7-12/h3-10H,2,11,18H2,1H3. The third-order valence-corrected chi connectivity index (χ3v) is 3.60. The van der Waals surface area contributed by atoms with Gasteiger partial charge in [0.2, 0.25) is 5.91 Å². The lowest BCUT2D eigenvalue weighted by Crippen LogP contribution is -2.32. The number of likely N-dealkylation sites (N-methyl/N-ethyl adjacent to an activating group) is 1. The fraction of sp³-hybridized carbons (Fsp3) is 0.176. The first-order valence-corrected chi connectivity index (χ1v) is 7.01. The minimum absolute atomic E-state index is 0.00875. The molecule has 1 aliphatic rings. The van der Waals surface area contributed by atoms with E-state index in [1.54, 1.807) is 4.90 Å². The molecule has 2 N–H and O–H groups in total. The maximum atomic E-state index is 12.3. The molecule has 0 saturated carbocycles. The Labute approximate surface area is 123 Å². The Hall–Kier alpha value is -2.62. The molecule has 0 saturated heterocycles. The summed E-state index contributed by atoms with van der Waals surface area (Å²) in [6.07, 6.45) is 0. The van der Waals surface area contributed by atoms with Gasteiger partial charge in [0.15, 0.2) is 0 Å². The number of hydrogen-bond donors (Lipinski definition) is 1. The number of fused-ring (bicyclic) bond motifs is 1. The molecule has 2 aromatic carbocycles. The van der Waals surface area contributed by atoms with E-state index >= 15 is 0 Å². The molecule has 0 bridgehead atoms. The number of carbonyl (C=O) groups is 1. The van der Waals surface area contributed by atoms with Crippen LogP contribution in [0, 0.1) is 0 Å². The first-order valence-electron chi connectivity index (χ1n) is 7.01. The lowest BCUT2D eigenvalue weighted by atomic mass is 9.99. The number of benzene rings is 2. The molecule has 0 atom stereocenters. The number of benzodiazepines with no additional fused rings is 1. The van der Waals surface area contributed by atoms with E-state index in [9.17, 15) is 4.79 Å². The molecular formula is C17H17N3O. The van der Waals surface area contributed by atoms with Crippen LogP contribution in [0.25, 0.3) is 0 Å². The third kappa shape index (κ3) is 2.40. The van der Waals surface area contributed by atoms with Crippen LogP contribution in [0.2, 0.25) is 0 Å². The summed E-state index contributed by atoms with van der Waals surface area (Å²) in [4.78, 5) is 18.5. The van der Waals surface area contributed by atoms with Crippen LogP contribution in [0.3, 0.4) is 0 Å². The Bertz CT molecular complexity index is 707. The van der Waals surface area contributed by atoms with Crippen LogP contribution >= 0.6 is 0 Å². The Kier molecular flexibility index (Phi) is 3.44. The third-order valence-electron chi connectivity index (χ3n) is 3.60. The molecule has 2 aromatic rings. The van der Waals surface area contributed by atoms with Crippen molar-refractivity contribution < 1.29 is 4.79 Å². The van der Waals surface area contributed by atoms with Crippen molar-refractivity contribution in [1.29, 1.82) is 0 Å². The monoisotopic (exact) mass is 279 g/mol. The van der Waals surface area contributed by atoms with Gasteiger partial charge in [-0.2, -0.15) is 0 Å². The van der Waals surface area contributed by atoms with Gasteiger partial charge in [-0.15, -0.1) is 0 Å². The van der Waals surface area contributed by atoms with E-state index in [2.05, 4.69) is 4.99 Å². The second-order valence-corrected chi connectivity index (χ2v) is 4.95. The summed E-state index contributed by atoms with van der Waals surface area (Å²) in [5.74, 6) is 0.00875. The Morgan fingerprint density at radius 1 is 1.19 bits per heavy atom. The molecule has 0 unspecified atom stereocenters. The number of rotatable bonds is 2. The molecule has 1 aliphatic heterocycles. The second kappa shape index (κ2) is 5.40. The second-order valence-electron chi connectivity index (χ2n) is 4.95. The van der Waals surface area contributed by atoms with Gasteiger partial charge < -0.3 is 10.6 Å². The van der Waals surface area contributed by atoms with Gasteiger partial charge in [-0.3, -0.25) is 9.79 Å². The van der Waals surface area contributed by atoms with Crippen LogP contribution in [-0.4, -0.2) is 24.7 Å². The van der Waals surface area contributed by atoms with Crippen molar-refractivity contribution in [2.45, 2.75) is 6.92 Å². The molecule has 0 aliphatic carbocycles. The average Bonchev–Trinajstić information content (AvgIpc) is 2.64. The highest BCUT2D eigenvalue weighted by atomic mass is 16.2. The highest BCUT2D eigenvalue weighted by molar-refractivity contribution is 6.19. The average molecular weight is 279 g/mol. The fourth-order valence-electron chi connectivity index (χ4n) is 2.62. The van der Waals surface area contributed by atoms with Gasteiger partial charge in [-0.05, 0) is 25.1 Å². The number of nitrogen functional groups attached to an aromatic ring is 1. The minimum Gasteiger partial charge on any atom is -0.399 e. The van der Waals surface area contributed by atoms with E-state index in [1.165, 1.54) is 0 Å². The summed E-state index contributed by atoms with van der Waals surface area (Å²) in [7, 11) is 0. The summed E-state index contributed by atoms with van der Waals surface area (Å²) in [6, 6.07) is 15.5. The predicted octanol–water partition coefficient (Wildman–Crippen LogP) is 2.47. The number of anilines is 2. The van der Waals surface area contributed by atoms with Crippen molar-refractivity contribution in [1.82, 2.24) is 0 Å². The van der Waals surface area contributed by atoms with Crippen molar-refractivity contribution in [3.05, 3.63) is 59.7 Å². The number of nitrogens with two attached hydrogens (primary N) is 1. The number of aliphatic imine (C=N–C) groups is 1. The Balaban J connectivity index is 2.22. The molecule has 0 aromatic heterocycles. The predicted molar refractivity (Wildman–Crippen MR) is 85.8 cm³/mol. The van der Waals surface area contributed by atoms with Gasteiger partial charge in [-0.1, -0.05) is 30.3 Å². The van der Waals surface area contributed by atoms with Crippen LogP contribution in [-0.2, 0) is 4.79 Å². The summed E-state index contributed by atoms with van der Waals surface area (Å²) >= 11 is 0. The summed E-state index contributed by atoms with van der Waals surface area (Å²) in [5, 5.41) is 0. The highest BCUT2D eigenvalue weighted by Crippen LogP contribution is 2.28. The van der Waals surface area contributed by atoms with Crippen molar-refractivity contribution >= 4 is 23.0 Å². The molecule has 0 radical (unpaired) electrons. The fourth-order valence-corrected chi connectivity index (χ4v) is 2.62. The van der Waals surface area contributed by atoms with Crippen molar-refractivity contribution in [2.24, 2.45) is 4.99 Å². The smallest absolute Gasteiger partial charge is 0.248 e. The van der Waals surface area contributed by atoms with Gasteiger partial charge in [0, 0.05) is 23.4 Å². The quantitative estimate of drug-likeness (QED) is 0.858. The minimum atomic E-state index is 0.00875. The maximum absolute atomic E-state index is 12.3. The maximum Gasteiger partial charge on any atom is 0.248 e. The zero-order chi connectivity index (χ0) is 14.8. The normalized spacial score (nSPS) is 14.4. The highest BCUT2D eigenvalue weighted by Gasteiger charge is 2.23. The molecule has 1 heterocycles.